The summed E-state index contributed by atoms with van der Waals surface area (Å²) >= 11 is 0. The van der Waals surface area contributed by atoms with Crippen LogP contribution in [0.3, 0.4) is 0 Å². The highest BCUT2D eigenvalue weighted by Gasteiger charge is 2.29. The molecule has 124 valence electrons. The molecule has 0 radical (unpaired) electrons. The van der Waals surface area contributed by atoms with Crippen LogP contribution in [0.2, 0.25) is 0 Å². The minimum atomic E-state index is -4.45. The van der Waals surface area contributed by atoms with E-state index in [0.717, 1.165) is 10.7 Å². The zero-order valence-electron chi connectivity index (χ0n) is 12.1. The molecule has 0 bridgehead atoms. The lowest BCUT2D eigenvalue weighted by Crippen LogP contribution is -2.17. The summed E-state index contributed by atoms with van der Waals surface area (Å²) in [4.78, 5) is 3.85. The van der Waals surface area contributed by atoms with E-state index in [1.54, 1.807) is 12.1 Å². The average Bonchev–Trinajstić information content (AvgIpc) is 2.89. The summed E-state index contributed by atoms with van der Waals surface area (Å²) in [5, 5.41) is 13.2. The van der Waals surface area contributed by atoms with Crippen LogP contribution in [0.15, 0.2) is 48.9 Å². The topological polar surface area (TPSA) is 50.9 Å². The summed E-state index contributed by atoms with van der Waals surface area (Å²) in [7, 11) is 0. The maximum absolute atomic E-state index is 14.1. The normalized spacial score (nSPS) is 11.7. The van der Waals surface area contributed by atoms with Gasteiger partial charge in [0.15, 0.2) is 0 Å². The van der Waals surface area contributed by atoms with Crippen LogP contribution < -0.4 is 0 Å². The number of aromatic nitrogens is 3. The number of hydrogen-bond donors (Lipinski definition) is 1. The summed E-state index contributed by atoms with van der Waals surface area (Å²) in [6.07, 6.45) is -0.280. The molecule has 1 aromatic carbocycles. The standard InChI is InChI=1S/C16H11F4N3O/c17-14-7-11(24)1-2-12(14)15-13(10-3-5-21-6-4-10)8-23(22-15)9-16(18,19)20/h1-8,24H,9H2. The van der Waals surface area contributed by atoms with Crippen molar-refractivity contribution in [2.24, 2.45) is 0 Å². The third kappa shape index (κ3) is 3.37. The number of benzene rings is 1. The molecular weight excluding hydrogens is 326 g/mol. The van der Waals surface area contributed by atoms with Gasteiger partial charge >= 0.3 is 6.18 Å². The van der Waals surface area contributed by atoms with Gasteiger partial charge in [-0.25, -0.2) is 4.39 Å². The molecule has 3 aromatic rings. The molecule has 0 aliphatic rings. The first-order chi connectivity index (χ1) is 11.3. The van der Waals surface area contributed by atoms with E-state index >= 15 is 0 Å². The van der Waals surface area contributed by atoms with E-state index < -0.39 is 18.5 Å². The van der Waals surface area contributed by atoms with E-state index in [0.29, 0.717) is 11.1 Å². The highest BCUT2D eigenvalue weighted by atomic mass is 19.4. The summed E-state index contributed by atoms with van der Waals surface area (Å²) in [5.41, 5.74) is 0.954. The fourth-order valence-corrected chi connectivity index (χ4v) is 2.32. The van der Waals surface area contributed by atoms with Crippen LogP contribution in [-0.4, -0.2) is 26.0 Å². The van der Waals surface area contributed by atoms with E-state index in [2.05, 4.69) is 10.1 Å². The van der Waals surface area contributed by atoms with Gasteiger partial charge in [-0.2, -0.15) is 18.3 Å². The smallest absolute Gasteiger partial charge is 0.408 e. The Hall–Kier alpha value is -2.90. The van der Waals surface area contributed by atoms with Crippen molar-refractivity contribution in [3.05, 3.63) is 54.7 Å². The lowest BCUT2D eigenvalue weighted by atomic mass is 10.0. The first kappa shape index (κ1) is 16.0. The maximum atomic E-state index is 14.1. The zero-order chi connectivity index (χ0) is 17.3. The Kier molecular flexibility index (Phi) is 3.96. The Labute approximate surface area is 134 Å². The molecule has 0 fully saturated rings. The number of rotatable bonds is 3. The molecule has 0 atom stereocenters. The Morgan fingerprint density at radius 2 is 1.75 bits per heavy atom. The monoisotopic (exact) mass is 337 g/mol. The van der Waals surface area contributed by atoms with Crippen LogP contribution in [0.25, 0.3) is 22.4 Å². The average molecular weight is 337 g/mol. The predicted octanol–water partition coefficient (Wildman–Crippen LogP) is 4.02. The fourth-order valence-electron chi connectivity index (χ4n) is 2.32. The molecule has 0 amide bonds. The molecule has 1 N–H and O–H groups in total. The Bertz CT molecular complexity index is 860. The van der Waals surface area contributed by atoms with Crippen molar-refractivity contribution in [3.63, 3.8) is 0 Å². The van der Waals surface area contributed by atoms with Gasteiger partial charge in [0.2, 0.25) is 0 Å². The van der Waals surface area contributed by atoms with Crippen LogP contribution in [0, 0.1) is 5.82 Å². The molecule has 0 spiro atoms. The predicted molar refractivity (Wildman–Crippen MR) is 78.6 cm³/mol. The van der Waals surface area contributed by atoms with Crippen molar-refractivity contribution in [2.75, 3.05) is 0 Å². The zero-order valence-corrected chi connectivity index (χ0v) is 12.1. The van der Waals surface area contributed by atoms with E-state index in [4.69, 9.17) is 0 Å². The van der Waals surface area contributed by atoms with Gasteiger partial charge in [-0.15, -0.1) is 0 Å². The van der Waals surface area contributed by atoms with E-state index in [-0.39, 0.29) is 17.0 Å². The van der Waals surface area contributed by atoms with Crippen LogP contribution in [0.5, 0.6) is 5.75 Å². The molecule has 0 unspecified atom stereocenters. The molecule has 0 saturated heterocycles. The van der Waals surface area contributed by atoms with Crippen molar-refractivity contribution >= 4 is 0 Å². The third-order valence-corrected chi connectivity index (χ3v) is 3.30. The van der Waals surface area contributed by atoms with Crippen molar-refractivity contribution in [1.29, 1.82) is 0 Å². The van der Waals surface area contributed by atoms with Gasteiger partial charge in [-0.05, 0) is 29.8 Å². The number of phenols is 1. The van der Waals surface area contributed by atoms with Crippen LogP contribution in [0.4, 0.5) is 17.6 Å². The van der Waals surface area contributed by atoms with Gasteiger partial charge in [-0.1, -0.05) is 0 Å². The Balaban J connectivity index is 2.16. The van der Waals surface area contributed by atoms with Gasteiger partial charge in [0.25, 0.3) is 0 Å². The number of halogens is 4. The lowest BCUT2D eigenvalue weighted by Gasteiger charge is -2.05. The molecule has 0 saturated carbocycles. The first-order valence-corrected chi connectivity index (χ1v) is 6.87. The highest BCUT2D eigenvalue weighted by Crippen LogP contribution is 2.34. The van der Waals surface area contributed by atoms with Crippen molar-refractivity contribution in [2.45, 2.75) is 12.7 Å². The Morgan fingerprint density at radius 1 is 1.04 bits per heavy atom. The first-order valence-electron chi connectivity index (χ1n) is 6.87. The summed E-state index contributed by atoms with van der Waals surface area (Å²) in [6, 6.07) is 6.59. The molecule has 0 aliphatic heterocycles. The number of aromatic hydroxyl groups is 1. The van der Waals surface area contributed by atoms with Crippen LogP contribution >= 0.6 is 0 Å². The van der Waals surface area contributed by atoms with Crippen LogP contribution in [0.1, 0.15) is 0 Å². The van der Waals surface area contributed by atoms with E-state index in [1.165, 1.54) is 30.7 Å². The van der Waals surface area contributed by atoms with Gasteiger partial charge in [0.05, 0.1) is 0 Å². The molecular formula is C16H11F4N3O. The summed E-state index contributed by atoms with van der Waals surface area (Å²) in [6.45, 7) is -1.29. The molecule has 24 heavy (non-hydrogen) atoms. The van der Waals surface area contributed by atoms with Gasteiger partial charge in [0, 0.05) is 35.8 Å². The second-order valence-corrected chi connectivity index (χ2v) is 5.10. The molecule has 8 heteroatoms. The summed E-state index contributed by atoms with van der Waals surface area (Å²) in [5.74, 6) is -1.06. The van der Waals surface area contributed by atoms with Crippen molar-refractivity contribution in [1.82, 2.24) is 14.8 Å². The van der Waals surface area contributed by atoms with Crippen molar-refractivity contribution in [3.8, 4) is 28.1 Å². The number of phenolic OH excluding ortho intramolecular Hbond substituents is 1. The van der Waals surface area contributed by atoms with Crippen LogP contribution in [-0.2, 0) is 6.54 Å². The Morgan fingerprint density at radius 3 is 2.38 bits per heavy atom. The van der Waals surface area contributed by atoms with Gasteiger partial charge < -0.3 is 5.11 Å². The number of nitrogens with zero attached hydrogens (tertiary/aromatic N) is 3. The fraction of sp³-hybridized carbons (Fsp3) is 0.125. The highest BCUT2D eigenvalue weighted by molar-refractivity contribution is 5.80. The van der Waals surface area contributed by atoms with Gasteiger partial charge in [0.1, 0.15) is 23.8 Å². The quantitative estimate of drug-likeness (QED) is 0.735. The number of hydrogen-bond acceptors (Lipinski definition) is 3. The van der Waals surface area contributed by atoms with Gasteiger partial charge in [-0.3, -0.25) is 9.67 Å². The molecule has 2 heterocycles. The second kappa shape index (κ2) is 5.95. The maximum Gasteiger partial charge on any atom is 0.408 e. The summed E-state index contributed by atoms with van der Waals surface area (Å²) < 4.78 is 52.8. The largest absolute Gasteiger partial charge is 0.508 e. The minimum absolute atomic E-state index is 0.000497. The molecule has 3 rings (SSSR count). The third-order valence-electron chi connectivity index (χ3n) is 3.30. The minimum Gasteiger partial charge on any atom is -0.508 e. The van der Waals surface area contributed by atoms with E-state index in [9.17, 15) is 22.7 Å². The number of pyridine rings is 1. The molecule has 0 aliphatic carbocycles. The SMILES string of the molecule is Oc1ccc(-c2nn(CC(F)(F)F)cc2-c2ccncc2)c(F)c1. The van der Waals surface area contributed by atoms with E-state index in [1.807, 2.05) is 0 Å². The van der Waals surface area contributed by atoms with Crippen molar-refractivity contribution < 1.29 is 22.7 Å². The molecule has 2 aromatic heterocycles. The lowest BCUT2D eigenvalue weighted by molar-refractivity contribution is -0.142. The second-order valence-electron chi connectivity index (χ2n) is 5.10. The molecule has 4 nitrogen and oxygen atoms in total. The number of alkyl halides is 3.